The second-order valence-electron chi connectivity index (χ2n) is 8.40. The van der Waals surface area contributed by atoms with Crippen molar-refractivity contribution in [2.24, 2.45) is 29.4 Å². The topological polar surface area (TPSA) is 49.6 Å². The van der Waals surface area contributed by atoms with Crippen molar-refractivity contribution in [3.05, 3.63) is 0 Å². The van der Waals surface area contributed by atoms with Gasteiger partial charge in [0.2, 0.25) is 5.91 Å². The molecule has 0 aromatic carbocycles. The Morgan fingerprint density at radius 1 is 1.04 bits per heavy atom. The van der Waals surface area contributed by atoms with Gasteiger partial charge in [0.15, 0.2) is 0 Å². The van der Waals surface area contributed by atoms with E-state index in [0.717, 1.165) is 45.6 Å². The molecule has 0 heterocycles. The van der Waals surface area contributed by atoms with Crippen LogP contribution in [0.25, 0.3) is 0 Å². The van der Waals surface area contributed by atoms with Gasteiger partial charge in [0.05, 0.1) is 0 Å². The highest BCUT2D eigenvalue weighted by Crippen LogP contribution is 2.42. The van der Waals surface area contributed by atoms with E-state index in [1.807, 2.05) is 0 Å². The Labute approximate surface area is 173 Å². The molecule has 1 amide bonds. The van der Waals surface area contributed by atoms with Crippen LogP contribution in [0.3, 0.4) is 0 Å². The summed E-state index contributed by atoms with van der Waals surface area (Å²) in [5.41, 5.74) is 6.41. The molecule has 26 heavy (non-hydrogen) atoms. The van der Waals surface area contributed by atoms with E-state index >= 15 is 0 Å². The molecule has 2 rings (SSSR count). The Morgan fingerprint density at radius 3 is 2.04 bits per heavy atom. The van der Waals surface area contributed by atoms with Crippen LogP contribution in [0, 0.1) is 23.7 Å². The molecule has 4 nitrogen and oxygen atoms in total. The van der Waals surface area contributed by atoms with Crippen molar-refractivity contribution in [1.29, 1.82) is 0 Å². The summed E-state index contributed by atoms with van der Waals surface area (Å²) in [5.74, 6) is 2.30. The molecule has 2 bridgehead atoms. The van der Waals surface area contributed by atoms with Crippen LogP contribution in [-0.4, -0.2) is 54.5 Å². The first-order valence-corrected chi connectivity index (χ1v) is 10.2. The van der Waals surface area contributed by atoms with Crippen LogP contribution in [0.5, 0.6) is 0 Å². The Kier molecular flexibility index (Phi) is 12.4. The third-order valence-corrected chi connectivity index (χ3v) is 6.24. The average molecular weight is 410 g/mol. The van der Waals surface area contributed by atoms with E-state index in [4.69, 9.17) is 5.73 Å². The molecule has 2 saturated carbocycles. The number of nitrogens with zero attached hydrogens (tertiary/aromatic N) is 2. The minimum absolute atomic E-state index is 0. The summed E-state index contributed by atoms with van der Waals surface area (Å²) in [7, 11) is 0. The fourth-order valence-corrected chi connectivity index (χ4v) is 4.78. The van der Waals surface area contributed by atoms with E-state index in [2.05, 4.69) is 37.5 Å². The molecule has 0 radical (unpaired) electrons. The highest BCUT2D eigenvalue weighted by molar-refractivity contribution is 5.85. The molecule has 0 spiro atoms. The molecule has 2 unspecified atom stereocenters. The van der Waals surface area contributed by atoms with E-state index in [0.29, 0.717) is 29.7 Å². The minimum Gasteiger partial charge on any atom is -0.341 e. The molecular weight excluding hydrogens is 369 g/mol. The zero-order chi connectivity index (χ0) is 17.7. The lowest BCUT2D eigenvalue weighted by atomic mass is 9.65. The zero-order valence-electron chi connectivity index (χ0n) is 17.2. The lowest BCUT2D eigenvalue weighted by molar-refractivity contribution is -0.139. The van der Waals surface area contributed by atoms with Gasteiger partial charge in [-0.2, -0.15) is 0 Å². The van der Waals surface area contributed by atoms with Gasteiger partial charge < -0.3 is 15.5 Å². The smallest absolute Gasteiger partial charge is 0.225 e. The highest BCUT2D eigenvalue weighted by Gasteiger charge is 2.41. The number of hydrogen-bond acceptors (Lipinski definition) is 3. The summed E-state index contributed by atoms with van der Waals surface area (Å²) in [6.07, 6.45) is 5.81. The highest BCUT2D eigenvalue weighted by atomic mass is 35.5. The van der Waals surface area contributed by atoms with Gasteiger partial charge in [0.25, 0.3) is 0 Å². The van der Waals surface area contributed by atoms with Crippen LogP contribution in [0.2, 0.25) is 0 Å². The molecule has 6 heteroatoms. The van der Waals surface area contributed by atoms with E-state index in [1.165, 1.54) is 19.3 Å². The fraction of sp³-hybridized carbons (Fsp3) is 0.950. The zero-order valence-corrected chi connectivity index (χ0v) is 18.8. The maximum absolute atomic E-state index is 13.2. The molecule has 2 N–H and O–H groups in total. The molecule has 2 atom stereocenters. The molecule has 2 aliphatic rings. The summed E-state index contributed by atoms with van der Waals surface area (Å²) in [4.78, 5) is 17.8. The van der Waals surface area contributed by atoms with E-state index in [-0.39, 0.29) is 30.7 Å². The Balaban J connectivity index is 0.00000312. The summed E-state index contributed by atoms with van der Waals surface area (Å²) in [6.45, 7) is 13.7. The van der Waals surface area contributed by atoms with E-state index < -0.39 is 0 Å². The molecule has 2 aliphatic carbocycles. The summed E-state index contributed by atoms with van der Waals surface area (Å²) in [5, 5.41) is 0. The number of carbonyl (C=O) groups is 1. The third-order valence-electron chi connectivity index (χ3n) is 6.24. The summed E-state index contributed by atoms with van der Waals surface area (Å²) >= 11 is 0. The first kappa shape index (κ1) is 26.0. The Morgan fingerprint density at radius 2 is 1.58 bits per heavy atom. The lowest BCUT2D eigenvalue weighted by Crippen LogP contribution is -2.51. The largest absolute Gasteiger partial charge is 0.341 e. The van der Waals surface area contributed by atoms with Gasteiger partial charge in [-0.1, -0.05) is 34.1 Å². The number of nitrogens with two attached hydrogens (primary N) is 1. The standard InChI is InChI=1S/C20H39N3O.2ClH/c1-5-22(6-2)10-11-23(14-15(3)4)20(24)18-12-16-8-7-9-17(13-18)19(16)21;;/h15-19H,5-14,21H2,1-4H3;2*1H. The average Bonchev–Trinajstić information content (AvgIpc) is 2.53. The molecule has 0 aromatic heterocycles. The van der Waals surface area contributed by atoms with Gasteiger partial charge in [0, 0.05) is 31.6 Å². The van der Waals surface area contributed by atoms with Crippen LogP contribution in [0.15, 0.2) is 0 Å². The van der Waals surface area contributed by atoms with Gasteiger partial charge in [-0.25, -0.2) is 0 Å². The number of hydrogen-bond donors (Lipinski definition) is 1. The summed E-state index contributed by atoms with van der Waals surface area (Å²) < 4.78 is 0. The number of amides is 1. The van der Waals surface area contributed by atoms with Crippen LogP contribution in [0.1, 0.15) is 59.8 Å². The molecule has 0 saturated heterocycles. The predicted molar refractivity (Wildman–Crippen MR) is 115 cm³/mol. The quantitative estimate of drug-likeness (QED) is 0.662. The second-order valence-corrected chi connectivity index (χ2v) is 8.40. The minimum atomic E-state index is 0. The maximum Gasteiger partial charge on any atom is 0.225 e. The Hall–Kier alpha value is -0.0300. The number of rotatable bonds is 8. The van der Waals surface area contributed by atoms with Crippen molar-refractivity contribution in [2.75, 3.05) is 32.7 Å². The number of fused-ring (bicyclic) bond motifs is 2. The van der Waals surface area contributed by atoms with E-state index in [1.54, 1.807) is 0 Å². The number of halogens is 2. The van der Waals surface area contributed by atoms with Gasteiger partial charge >= 0.3 is 0 Å². The second kappa shape index (κ2) is 12.4. The number of likely N-dealkylation sites (N-methyl/N-ethyl adjacent to an activating group) is 1. The van der Waals surface area contributed by atoms with Crippen molar-refractivity contribution in [2.45, 2.75) is 65.8 Å². The summed E-state index contributed by atoms with van der Waals surface area (Å²) in [6, 6.07) is 0.344. The van der Waals surface area contributed by atoms with Crippen LogP contribution in [0.4, 0.5) is 0 Å². The Bertz CT molecular complexity index is 391. The van der Waals surface area contributed by atoms with Crippen LogP contribution in [-0.2, 0) is 4.79 Å². The van der Waals surface area contributed by atoms with Gasteiger partial charge in [0.1, 0.15) is 0 Å². The first-order chi connectivity index (χ1) is 11.5. The monoisotopic (exact) mass is 409 g/mol. The van der Waals surface area contributed by atoms with Crippen molar-refractivity contribution in [3.8, 4) is 0 Å². The van der Waals surface area contributed by atoms with Gasteiger partial charge in [-0.05, 0) is 56.5 Å². The molecule has 0 aliphatic heterocycles. The lowest BCUT2D eigenvalue weighted by Gasteiger charge is -2.44. The number of carbonyl (C=O) groups excluding carboxylic acids is 1. The van der Waals surface area contributed by atoms with Gasteiger partial charge in [-0.3, -0.25) is 4.79 Å². The van der Waals surface area contributed by atoms with Crippen molar-refractivity contribution < 1.29 is 4.79 Å². The molecule has 0 aromatic rings. The fourth-order valence-electron chi connectivity index (χ4n) is 4.78. The molecular formula is C20H41Cl2N3O. The molecule has 156 valence electrons. The van der Waals surface area contributed by atoms with Crippen molar-refractivity contribution in [1.82, 2.24) is 9.80 Å². The first-order valence-electron chi connectivity index (χ1n) is 10.2. The molecule has 2 fully saturated rings. The van der Waals surface area contributed by atoms with Crippen molar-refractivity contribution >= 4 is 30.7 Å². The SMILES string of the molecule is CCN(CC)CCN(CC(C)C)C(=O)C1CC2CCCC(C1)C2N.Cl.Cl. The third kappa shape index (κ3) is 6.85. The predicted octanol–water partition coefficient (Wildman–Crippen LogP) is 3.81. The van der Waals surface area contributed by atoms with Crippen LogP contribution < -0.4 is 5.73 Å². The van der Waals surface area contributed by atoms with E-state index in [9.17, 15) is 4.79 Å². The van der Waals surface area contributed by atoms with Crippen LogP contribution >= 0.6 is 24.8 Å². The maximum atomic E-state index is 13.2. The van der Waals surface area contributed by atoms with Gasteiger partial charge in [-0.15, -0.1) is 24.8 Å². The van der Waals surface area contributed by atoms with Crippen molar-refractivity contribution in [3.63, 3.8) is 0 Å². The normalized spacial score (nSPS) is 27.7.